The van der Waals surface area contributed by atoms with E-state index in [4.69, 9.17) is 4.74 Å². The van der Waals surface area contributed by atoms with E-state index in [0.717, 1.165) is 27.1 Å². The van der Waals surface area contributed by atoms with Crippen LogP contribution in [0.4, 0.5) is 0 Å². The van der Waals surface area contributed by atoms with Gasteiger partial charge < -0.3 is 9.14 Å². The summed E-state index contributed by atoms with van der Waals surface area (Å²) in [6.45, 7) is 3.96. The number of aromatic nitrogens is 2. The molecule has 0 atom stereocenters. The van der Waals surface area contributed by atoms with Gasteiger partial charge in [-0.3, -0.25) is 4.98 Å². The van der Waals surface area contributed by atoms with Gasteiger partial charge in [-0.25, -0.2) is 0 Å². The molecule has 0 N–H and O–H groups in total. The first kappa shape index (κ1) is 9.52. The second-order valence-electron chi connectivity index (χ2n) is 3.23. The first-order valence-corrected chi connectivity index (χ1v) is 5.11. The maximum absolute atomic E-state index is 5.31. The molecule has 0 fully saturated rings. The topological polar surface area (TPSA) is 26.5 Å². The van der Waals surface area contributed by atoms with Crippen molar-refractivity contribution < 1.29 is 4.74 Å². The molecule has 2 heterocycles. The van der Waals surface area contributed by atoms with Crippen LogP contribution in [-0.4, -0.2) is 16.5 Å². The van der Waals surface area contributed by atoms with Gasteiger partial charge in [0.1, 0.15) is 5.52 Å². The molecule has 4 heteroatoms. The second kappa shape index (κ2) is 3.28. The number of aryl methyl sites for hydroxylation is 2. The quantitative estimate of drug-likeness (QED) is 0.783. The van der Waals surface area contributed by atoms with Crippen molar-refractivity contribution in [3.05, 3.63) is 28.3 Å². The fourth-order valence-electron chi connectivity index (χ4n) is 1.67. The summed E-state index contributed by atoms with van der Waals surface area (Å²) in [7, 11) is 1.67. The lowest BCUT2D eigenvalue weighted by molar-refractivity contribution is 0.417. The van der Waals surface area contributed by atoms with Crippen LogP contribution >= 0.6 is 15.9 Å². The van der Waals surface area contributed by atoms with Gasteiger partial charge in [0, 0.05) is 12.4 Å². The standard InChI is InChI=1S/C10H11BrN2O/c1-6-4-13-5-8(11)10(14-3)9(13)7(2)12-6/h4-5H,1-3H3. The third-order valence-electron chi connectivity index (χ3n) is 2.16. The van der Waals surface area contributed by atoms with Crippen LogP contribution in [0, 0.1) is 13.8 Å². The van der Waals surface area contributed by atoms with E-state index in [2.05, 4.69) is 20.9 Å². The van der Waals surface area contributed by atoms with Crippen molar-refractivity contribution in [2.24, 2.45) is 0 Å². The molecule has 0 bridgehead atoms. The Balaban J connectivity index is 2.88. The molecular weight excluding hydrogens is 244 g/mol. The molecule has 74 valence electrons. The molecule has 0 radical (unpaired) electrons. The van der Waals surface area contributed by atoms with Gasteiger partial charge in [0.25, 0.3) is 0 Å². The van der Waals surface area contributed by atoms with E-state index in [1.54, 1.807) is 7.11 Å². The zero-order valence-corrected chi connectivity index (χ0v) is 9.92. The molecule has 2 aromatic heterocycles. The molecule has 0 amide bonds. The lowest BCUT2D eigenvalue weighted by Gasteiger charge is -2.03. The summed E-state index contributed by atoms with van der Waals surface area (Å²) in [5, 5.41) is 0. The van der Waals surface area contributed by atoms with Crippen LogP contribution in [-0.2, 0) is 0 Å². The molecule has 0 aliphatic heterocycles. The SMILES string of the molecule is COc1c(Br)cn2cc(C)nc(C)c12. The van der Waals surface area contributed by atoms with Gasteiger partial charge in [0.2, 0.25) is 0 Å². The van der Waals surface area contributed by atoms with Crippen molar-refractivity contribution >= 4 is 21.4 Å². The highest BCUT2D eigenvalue weighted by atomic mass is 79.9. The first-order chi connectivity index (χ1) is 6.63. The third kappa shape index (κ3) is 1.30. The van der Waals surface area contributed by atoms with Crippen LogP contribution in [0.2, 0.25) is 0 Å². The van der Waals surface area contributed by atoms with Gasteiger partial charge >= 0.3 is 0 Å². The summed E-state index contributed by atoms with van der Waals surface area (Å²) < 4.78 is 8.29. The lowest BCUT2D eigenvalue weighted by atomic mass is 10.3. The molecule has 0 spiro atoms. The smallest absolute Gasteiger partial charge is 0.160 e. The minimum atomic E-state index is 0.843. The fraction of sp³-hybridized carbons (Fsp3) is 0.300. The van der Waals surface area contributed by atoms with E-state index < -0.39 is 0 Å². The number of halogens is 1. The number of ether oxygens (including phenoxy) is 1. The molecule has 0 saturated carbocycles. The average Bonchev–Trinajstić information content (AvgIpc) is 2.40. The van der Waals surface area contributed by atoms with E-state index in [1.807, 2.05) is 30.6 Å². The van der Waals surface area contributed by atoms with E-state index >= 15 is 0 Å². The molecule has 0 aliphatic carbocycles. The van der Waals surface area contributed by atoms with Gasteiger partial charge in [0.05, 0.1) is 23.0 Å². The summed E-state index contributed by atoms with van der Waals surface area (Å²) in [5.74, 6) is 0.843. The Morgan fingerprint density at radius 3 is 2.71 bits per heavy atom. The van der Waals surface area contributed by atoms with Crippen LogP contribution in [0.5, 0.6) is 5.75 Å². The third-order valence-corrected chi connectivity index (χ3v) is 2.72. The number of nitrogens with zero attached hydrogens (tertiary/aromatic N) is 2. The lowest BCUT2D eigenvalue weighted by Crippen LogP contribution is -1.94. The van der Waals surface area contributed by atoms with Crippen LogP contribution in [0.1, 0.15) is 11.4 Å². The molecule has 0 unspecified atom stereocenters. The van der Waals surface area contributed by atoms with Gasteiger partial charge in [-0.15, -0.1) is 0 Å². The monoisotopic (exact) mass is 254 g/mol. The van der Waals surface area contributed by atoms with Crippen LogP contribution in [0.15, 0.2) is 16.9 Å². The van der Waals surface area contributed by atoms with E-state index in [0.29, 0.717) is 0 Å². The number of hydrogen-bond acceptors (Lipinski definition) is 2. The molecule has 0 aliphatic rings. The van der Waals surface area contributed by atoms with Crippen molar-refractivity contribution in [2.45, 2.75) is 13.8 Å². The van der Waals surface area contributed by atoms with Crippen molar-refractivity contribution in [1.82, 2.24) is 9.38 Å². The van der Waals surface area contributed by atoms with Crippen LogP contribution < -0.4 is 4.74 Å². The molecule has 14 heavy (non-hydrogen) atoms. The van der Waals surface area contributed by atoms with E-state index in [9.17, 15) is 0 Å². The Morgan fingerprint density at radius 1 is 1.36 bits per heavy atom. The Morgan fingerprint density at radius 2 is 2.07 bits per heavy atom. The minimum Gasteiger partial charge on any atom is -0.493 e. The number of rotatable bonds is 1. The molecule has 2 rings (SSSR count). The maximum atomic E-state index is 5.31. The Kier molecular flexibility index (Phi) is 2.23. The highest BCUT2D eigenvalue weighted by molar-refractivity contribution is 9.10. The zero-order chi connectivity index (χ0) is 10.3. The normalized spacial score (nSPS) is 10.9. The van der Waals surface area contributed by atoms with E-state index in [-0.39, 0.29) is 0 Å². The summed E-state index contributed by atoms with van der Waals surface area (Å²) in [6.07, 6.45) is 3.96. The van der Waals surface area contributed by atoms with Crippen LogP contribution in [0.3, 0.4) is 0 Å². The minimum absolute atomic E-state index is 0.843. The highest BCUT2D eigenvalue weighted by Gasteiger charge is 2.12. The number of fused-ring (bicyclic) bond motifs is 1. The van der Waals surface area contributed by atoms with Gasteiger partial charge in [-0.1, -0.05) is 0 Å². The maximum Gasteiger partial charge on any atom is 0.160 e. The van der Waals surface area contributed by atoms with Gasteiger partial charge in [-0.05, 0) is 29.8 Å². The summed E-state index contributed by atoms with van der Waals surface area (Å²) in [5.41, 5.74) is 3.00. The predicted molar refractivity (Wildman–Crippen MR) is 58.9 cm³/mol. The average molecular weight is 255 g/mol. The van der Waals surface area contributed by atoms with Gasteiger partial charge in [0.15, 0.2) is 5.75 Å². The number of hydrogen-bond donors (Lipinski definition) is 0. The summed E-state index contributed by atoms with van der Waals surface area (Å²) in [6, 6.07) is 0. The Labute approximate surface area is 90.8 Å². The van der Waals surface area contributed by atoms with Crippen molar-refractivity contribution in [3.63, 3.8) is 0 Å². The number of methoxy groups -OCH3 is 1. The van der Waals surface area contributed by atoms with Crippen LogP contribution in [0.25, 0.3) is 5.52 Å². The zero-order valence-electron chi connectivity index (χ0n) is 8.34. The highest BCUT2D eigenvalue weighted by Crippen LogP contribution is 2.32. The molecule has 0 saturated heterocycles. The van der Waals surface area contributed by atoms with Gasteiger partial charge in [-0.2, -0.15) is 0 Å². The largest absolute Gasteiger partial charge is 0.493 e. The van der Waals surface area contributed by atoms with Crippen molar-refractivity contribution in [3.8, 4) is 5.75 Å². The first-order valence-electron chi connectivity index (χ1n) is 4.32. The molecule has 2 aromatic rings. The second-order valence-corrected chi connectivity index (χ2v) is 4.09. The summed E-state index contributed by atoms with van der Waals surface area (Å²) >= 11 is 3.45. The predicted octanol–water partition coefficient (Wildman–Crippen LogP) is 2.72. The Bertz CT molecular complexity index is 490. The molecular formula is C10H11BrN2O. The van der Waals surface area contributed by atoms with Crippen molar-refractivity contribution in [1.29, 1.82) is 0 Å². The van der Waals surface area contributed by atoms with E-state index in [1.165, 1.54) is 0 Å². The molecule has 0 aromatic carbocycles. The molecule has 3 nitrogen and oxygen atoms in total. The summed E-state index contributed by atoms with van der Waals surface area (Å²) in [4.78, 5) is 4.40. The van der Waals surface area contributed by atoms with Crippen molar-refractivity contribution in [2.75, 3.05) is 7.11 Å². The Hall–Kier alpha value is -1.03. The fourth-order valence-corrected chi connectivity index (χ4v) is 2.24.